The molecule has 2 amide bonds. The number of nitrogens with one attached hydrogen (secondary N) is 2. The number of likely N-dealkylation sites (tertiary alicyclic amines) is 1. The van der Waals surface area contributed by atoms with E-state index in [0.29, 0.717) is 42.6 Å². The Balaban J connectivity index is 1.70. The molecule has 0 aliphatic carbocycles. The molecule has 8 nitrogen and oxygen atoms in total. The maximum Gasteiger partial charge on any atom is 0.254 e. The van der Waals surface area contributed by atoms with Gasteiger partial charge in [0.05, 0.1) is 17.3 Å². The average molecular weight is 375 g/mol. The number of aromatic nitrogens is 2. The number of nitrogens with zero attached hydrogens (tertiary/aromatic N) is 3. The van der Waals surface area contributed by atoms with Gasteiger partial charge in [0, 0.05) is 44.6 Å². The van der Waals surface area contributed by atoms with Crippen LogP contribution in [0, 0.1) is 13.8 Å². The molecule has 0 unspecified atom stereocenters. The number of ether oxygens (including phenoxy) is 1. The van der Waals surface area contributed by atoms with Crippen molar-refractivity contribution in [3.05, 3.63) is 23.3 Å². The lowest BCUT2D eigenvalue weighted by Gasteiger charge is -2.34. The van der Waals surface area contributed by atoms with Crippen molar-refractivity contribution >= 4 is 11.8 Å². The minimum absolute atomic E-state index is 0.0376. The third-order valence-electron chi connectivity index (χ3n) is 5.33. The molecule has 0 spiro atoms. The summed E-state index contributed by atoms with van der Waals surface area (Å²) in [7, 11) is 0. The van der Waals surface area contributed by atoms with Gasteiger partial charge in [-0.15, -0.1) is 0 Å². The first kappa shape index (κ1) is 19.7. The van der Waals surface area contributed by atoms with Gasteiger partial charge in [-0.1, -0.05) is 0 Å². The second-order valence-corrected chi connectivity index (χ2v) is 7.27. The quantitative estimate of drug-likeness (QED) is 0.782. The van der Waals surface area contributed by atoms with E-state index in [2.05, 4.69) is 25.5 Å². The topological polar surface area (TPSA) is 96.5 Å². The fourth-order valence-electron chi connectivity index (χ4n) is 4.01. The van der Waals surface area contributed by atoms with Crippen molar-refractivity contribution < 1.29 is 14.3 Å². The van der Waals surface area contributed by atoms with Gasteiger partial charge in [0.25, 0.3) is 5.91 Å². The van der Waals surface area contributed by atoms with Crippen molar-refractivity contribution in [1.29, 1.82) is 0 Å². The number of aryl methyl sites for hydroxylation is 2. The molecule has 8 heteroatoms. The lowest BCUT2D eigenvalue weighted by atomic mass is 10.1. The molecule has 0 bridgehead atoms. The summed E-state index contributed by atoms with van der Waals surface area (Å²) in [5, 5.41) is 6.01. The van der Waals surface area contributed by atoms with Crippen molar-refractivity contribution in [3.8, 4) is 0 Å². The monoisotopic (exact) mass is 375 g/mol. The molecule has 2 aliphatic heterocycles. The molecule has 1 aromatic rings. The molecule has 0 saturated carbocycles. The van der Waals surface area contributed by atoms with E-state index in [-0.39, 0.29) is 23.9 Å². The van der Waals surface area contributed by atoms with Crippen molar-refractivity contribution in [2.75, 3.05) is 26.3 Å². The number of rotatable bonds is 5. The highest BCUT2D eigenvalue weighted by atomic mass is 16.5. The van der Waals surface area contributed by atoms with Crippen LogP contribution in [0.1, 0.15) is 48.1 Å². The van der Waals surface area contributed by atoms with Gasteiger partial charge in [-0.3, -0.25) is 14.5 Å². The van der Waals surface area contributed by atoms with Crippen LogP contribution in [0.4, 0.5) is 0 Å². The summed E-state index contributed by atoms with van der Waals surface area (Å²) >= 11 is 0. The van der Waals surface area contributed by atoms with Crippen LogP contribution < -0.4 is 10.6 Å². The predicted molar refractivity (Wildman–Crippen MR) is 100 cm³/mol. The Morgan fingerprint density at radius 1 is 1.30 bits per heavy atom. The van der Waals surface area contributed by atoms with Gasteiger partial charge < -0.3 is 15.4 Å². The predicted octanol–water partition coefficient (Wildman–Crippen LogP) is 0.581. The Hall–Kier alpha value is -2.06. The Morgan fingerprint density at radius 3 is 2.70 bits per heavy atom. The third kappa shape index (κ3) is 4.62. The Morgan fingerprint density at radius 2 is 2.04 bits per heavy atom. The standard InChI is InChI=1S/C19H29N5O3/c1-4-20-19(26)17-9-14(11-24(17)15-5-7-27-8-6-15)23-18(25)16-10-21-13(3)22-12(16)2/h10,14-15,17H,4-9,11H2,1-3H3,(H,20,26)(H,23,25)/t14-,17-/m0/s1. The first-order valence-corrected chi connectivity index (χ1v) is 9.72. The molecular formula is C19H29N5O3. The van der Waals surface area contributed by atoms with E-state index >= 15 is 0 Å². The molecule has 1 aromatic heterocycles. The molecule has 3 rings (SSSR count). The van der Waals surface area contributed by atoms with E-state index < -0.39 is 0 Å². The summed E-state index contributed by atoms with van der Waals surface area (Å²) in [5.74, 6) is 0.503. The second kappa shape index (κ2) is 8.75. The zero-order valence-electron chi connectivity index (χ0n) is 16.3. The molecule has 2 saturated heterocycles. The molecule has 2 aliphatic rings. The van der Waals surface area contributed by atoms with Crippen molar-refractivity contribution in [1.82, 2.24) is 25.5 Å². The molecular weight excluding hydrogens is 346 g/mol. The number of carbonyl (C=O) groups is 2. The van der Waals surface area contributed by atoms with E-state index in [9.17, 15) is 9.59 Å². The Kier molecular flexibility index (Phi) is 6.38. The van der Waals surface area contributed by atoms with E-state index in [1.807, 2.05) is 13.8 Å². The summed E-state index contributed by atoms with van der Waals surface area (Å²) in [5.41, 5.74) is 1.15. The van der Waals surface area contributed by atoms with E-state index in [0.717, 1.165) is 26.1 Å². The maximum absolute atomic E-state index is 12.7. The molecule has 0 aromatic carbocycles. The Labute approximate surface area is 160 Å². The van der Waals surface area contributed by atoms with Gasteiger partial charge in [-0.25, -0.2) is 9.97 Å². The number of likely N-dealkylation sites (N-methyl/N-ethyl adjacent to an activating group) is 1. The molecule has 27 heavy (non-hydrogen) atoms. The van der Waals surface area contributed by atoms with Crippen LogP contribution in [-0.2, 0) is 9.53 Å². The number of hydrogen-bond donors (Lipinski definition) is 2. The minimum atomic E-state index is -0.214. The highest BCUT2D eigenvalue weighted by molar-refractivity contribution is 5.95. The lowest BCUT2D eigenvalue weighted by Crippen LogP contribution is -2.49. The zero-order valence-corrected chi connectivity index (χ0v) is 16.3. The SMILES string of the molecule is CCNC(=O)[C@@H]1C[C@H](NC(=O)c2cnc(C)nc2C)CN1C1CCOCC1. The molecule has 0 radical (unpaired) electrons. The van der Waals surface area contributed by atoms with Crippen LogP contribution in [-0.4, -0.2) is 71.1 Å². The largest absolute Gasteiger partial charge is 0.381 e. The first-order valence-electron chi connectivity index (χ1n) is 9.72. The first-order chi connectivity index (χ1) is 13.0. The normalized spacial score (nSPS) is 24.0. The third-order valence-corrected chi connectivity index (χ3v) is 5.33. The van der Waals surface area contributed by atoms with Crippen LogP contribution in [0.2, 0.25) is 0 Å². The van der Waals surface area contributed by atoms with Crippen LogP contribution in [0.15, 0.2) is 6.20 Å². The van der Waals surface area contributed by atoms with Crippen LogP contribution in [0.3, 0.4) is 0 Å². The number of amides is 2. The van der Waals surface area contributed by atoms with E-state index in [1.165, 1.54) is 0 Å². The van der Waals surface area contributed by atoms with Gasteiger partial charge in [0.1, 0.15) is 5.82 Å². The highest BCUT2D eigenvalue weighted by Crippen LogP contribution is 2.26. The fraction of sp³-hybridized carbons (Fsp3) is 0.684. The zero-order chi connectivity index (χ0) is 19.4. The highest BCUT2D eigenvalue weighted by Gasteiger charge is 2.41. The van der Waals surface area contributed by atoms with Gasteiger partial charge in [-0.2, -0.15) is 0 Å². The molecule has 2 fully saturated rings. The Bertz CT molecular complexity index is 690. The summed E-state index contributed by atoms with van der Waals surface area (Å²) in [6.45, 7) is 8.25. The molecule has 2 N–H and O–H groups in total. The molecule has 148 valence electrons. The average Bonchev–Trinajstić information content (AvgIpc) is 3.06. The van der Waals surface area contributed by atoms with Gasteiger partial charge in [0.15, 0.2) is 0 Å². The second-order valence-electron chi connectivity index (χ2n) is 7.27. The van der Waals surface area contributed by atoms with Gasteiger partial charge in [0.2, 0.25) is 5.91 Å². The smallest absolute Gasteiger partial charge is 0.254 e. The van der Waals surface area contributed by atoms with E-state index in [1.54, 1.807) is 13.1 Å². The molecule has 3 heterocycles. The summed E-state index contributed by atoms with van der Waals surface area (Å²) in [6.07, 6.45) is 4.02. The van der Waals surface area contributed by atoms with Crippen molar-refractivity contribution in [2.45, 2.75) is 58.2 Å². The van der Waals surface area contributed by atoms with Crippen LogP contribution >= 0.6 is 0 Å². The fourth-order valence-corrected chi connectivity index (χ4v) is 4.01. The molecule has 2 atom stereocenters. The lowest BCUT2D eigenvalue weighted by molar-refractivity contribution is -0.126. The van der Waals surface area contributed by atoms with E-state index in [4.69, 9.17) is 4.74 Å². The maximum atomic E-state index is 12.7. The van der Waals surface area contributed by atoms with Gasteiger partial charge >= 0.3 is 0 Å². The van der Waals surface area contributed by atoms with Crippen molar-refractivity contribution in [2.24, 2.45) is 0 Å². The summed E-state index contributed by atoms with van der Waals surface area (Å²) in [6, 6.07) is 0.0278. The van der Waals surface area contributed by atoms with Crippen LogP contribution in [0.5, 0.6) is 0 Å². The van der Waals surface area contributed by atoms with Crippen molar-refractivity contribution in [3.63, 3.8) is 0 Å². The minimum Gasteiger partial charge on any atom is -0.381 e. The summed E-state index contributed by atoms with van der Waals surface area (Å²) in [4.78, 5) is 35.9. The number of hydrogen-bond acceptors (Lipinski definition) is 6. The van der Waals surface area contributed by atoms with Gasteiger partial charge in [-0.05, 0) is 40.0 Å². The summed E-state index contributed by atoms with van der Waals surface area (Å²) < 4.78 is 5.46. The van der Waals surface area contributed by atoms with Crippen LogP contribution in [0.25, 0.3) is 0 Å². The number of carbonyl (C=O) groups excluding carboxylic acids is 2.